The number of ether oxygens (including phenoxy) is 1. The van der Waals surface area contributed by atoms with Crippen LogP contribution in [-0.4, -0.2) is 53.2 Å². The molecule has 0 aromatic heterocycles. The van der Waals surface area contributed by atoms with Gasteiger partial charge >= 0.3 is 0 Å². The van der Waals surface area contributed by atoms with E-state index in [0.29, 0.717) is 5.69 Å². The zero-order valence-corrected chi connectivity index (χ0v) is 20.6. The molecule has 0 radical (unpaired) electrons. The molecular weight excluding hydrogens is 464 g/mol. The van der Waals surface area contributed by atoms with Crippen molar-refractivity contribution in [2.24, 2.45) is 0 Å². The summed E-state index contributed by atoms with van der Waals surface area (Å²) >= 11 is 1.53. The van der Waals surface area contributed by atoms with Gasteiger partial charge in [-0.25, -0.2) is 0 Å². The Morgan fingerprint density at radius 2 is 2.00 bits per heavy atom. The molecule has 2 aromatic rings. The van der Waals surface area contributed by atoms with Gasteiger partial charge in [0.05, 0.1) is 5.25 Å². The first-order valence-electron chi connectivity index (χ1n) is 12.5. The Bertz CT molecular complexity index is 1170. The van der Waals surface area contributed by atoms with Gasteiger partial charge in [0.25, 0.3) is 6.45 Å². The minimum Gasteiger partial charge on any atom is -0.467 e. The predicted octanol–water partition coefficient (Wildman–Crippen LogP) is 4.35. The number of likely N-dealkylation sites (tertiary alicyclic amines) is 1. The van der Waals surface area contributed by atoms with Gasteiger partial charge in [-0.1, -0.05) is 50.1 Å². The highest BCUT2D eigenvalue weighted by Crippen LogP contribution is 2.45. The smallest absolute Gasteiger partial charge is 0.293 e. The molecule has 2 unspecified atom stereocenters. The van der Waals surface area contributed by atoms with Gasteiger partial charge < -0.3 is 10.1 Å². The van der Waals surface area contributed by atoms with Crippen molar-refractivity contribution in [2.45, 2.75) is 50.2 Å². The summed E-state index contributed by atoms with van der Waals surface area (Å²) in [6, 6.07) is 13.4. The summed E-state index contributed by atoms with van der Waals surface area (Å²) in [4.78, 5) is 50.0. The molecule has 0 bridgehead atoms. The van der Waals surface area contributed by atoms with Crippen molar-refractivity contribution in [3.63, 3.8) is 0 Å². The number of nitrogens with one attached hydrogen (secondary N) is 1. The molecule has 1 heterocycles. The summed E-state index contributed by atoms with van der Waals surface area (Å²) in [6.07, 6.45) is 2.37. The lowest BCUT2D eigenvalue weighted by molar-refractivity contribution is -0.138. The van der Waals surface area contributed by atoms with Gasteiger partial charge in [0.15, 0.2) is 1.37 Å². The first kappa shape index (κ1) is 23.6. The van der Waals surface area contributed by atoms with E-state index in [2.05, 4.69) is 12.2 Å². The van der Waals surface area contributed by atoms with Crippen LogP contribution in [0.3, 0.4) is 0 Å². The SMILES string of the molecule is [2H]C(=O)OCC1c2ccccc2-c2ccc(NC(=O)CCN3C(=O)CC(SCCCCC)C3=O)cc21. The van der Waals surface area contributed by atoms with E-state index >= 15 is 0 Å². The normalized spacial score (nSPS) is 18.8. The molecule has 4 rings (SSSR count). The molecule has 184 valence electrons. The summed E-state index contributed by atoms with van der Waals surface area (Å²) in [6.45, 7) is 2.23. The van der Waals surface area contributed by atoms with Crippen LogP contribution in [-0.2, 0) is 23.9 Å². The Kier molecular flexibility index (Phi) is 7.78. The summed E-state index contributed by atoms with van der Waals surface area (Å²) in [5.74, 6) is -0.0804. The standard InChI is InChI=1S/C27H30N2O5S/c1-2-3-6-13-35-24-15-26(32)29(27(24)33)12-11-25(31)28-18-9-10-21-19-7-4-5-8-20(19)23(16-34-17-30)22(21)14-18/h4-5,7-10,14,17,23-24H,2-3,6,11-13,15-16H2,1H3,(H,28,31)/i17D. The number of fused-ring (bicyclic) bond motifs is 3. The molecule has 1 aliphatic carbocycles. The zero-order chi connectivity index (χ0) is 25.7. The molecule has 2 aromatic carbocycles. The van der Waals surface area contributed by atoms with E-state index in [0.717, 1.165) is 47.3 Å². The third-order valence-corrected chi connectivity index (χ3v) is 7.77. The maximum atomic E-state index is 12.7. The quantitative estimate of drug-likeness (QED) is 0.283. The van der Waals surface area contributed by atoms with Crippen LogP contribution in [0.2, 0.25) is 0 Å². The number of hydrogen-bond donors (Lipinski definition) is 1. The predicted molar refractivity (Wildman–Crippen MR) is 136 cm³/mol. The molecule has 0 saturated carbocycles. The highest BCUT2D eigenvalue weighted by atomic mass is 32.2. The topological polar surface area (TPSA) is 92.8 Å². The van der Waals surface area contributed by atoms with E-state index in [1.54, 1.807) is 0 Å². The van der Waals surface area contributed by atoms with Crippen molar-refractivity contribution in [1.29, 1.82) is 0 Å². The van der Waals surface area contributed by atoms with Gasteiger partial charge in [0, 0.05) is 31.0 Å². The van der Waals surface area contributed by atoms with Crippen LogP contribution in [0.4, 0.5) is 5.69 Å². The highest BCUT2D eigenvalue weighted by Gasteiger charge is 2.38. The van der Waals surface area contributed by atoms with Crippen LogP contribution in [0.5, 0.6) is 0 Å². The number of carbonyl (C=O) groups excluding carboxylic acids is 4. The van der Waals surface area contributed by atoms with Gasteiger partial charge in [-0.05, 0) is 46.6 Å². The van der Waals surface area contributed by atoms with Crippen LogP contribution in [0.1, 0.15) is 57.4 Å². The molecule has 3 amide bonds. The number of amides is 3. The molecule has 1 saturated heterocycles. The van der Waals surface area contributed by atoms with Gasteiger partial charge in [-0.15, -0.1) is 11.8 Å². The number of benzene rings is 2. The molecule has 1 fully saturated rings. The van der Waals surface area contributed by atoms with Crippen molar-refractivity contribution in [2.75, 3.05) is 24.2 Å². The van der Waals surface area contributed by atoms with E-state index in [9.17, 15) is 19.2 Å². The number of nitrogens with zero attached hydrogens (tertiary/aromatic N) is 1. The monoisotopic (exact) mass is 495 g/mol. The minimum atomic E-state index is -1.09. The van der Waals surface area contributed by atoms with E-state index in [-0.39, 0.29) is 54.9 Å². The van der Waals surface area contributed by atoms with Crippen LogP contribution in [0, 0.1) is 0 Å². The van der Waals surface area contributed by atoms with Crippen LogP contribution in [0.15, 0.2) is 42.5 Å². The largest absolute Gasteiger partial charge is 0.467 e. The lowest BCUT2D eigenvalue weighted by Gasteiger charge is -2.16. The first-order valence-corrected chi connectivity index (χ1v) is 13.1. The average molecular weight is 496 g/mol. The van der Waals surface area contributed by atoms with E-state index in [1.165, 1.54) is 16.7 Å². The Balaban J connectivity index is 1.36. The fourth-order valence-corrected chi connectivity index (χ4v) is 5.90. The molecular formula is C27H30N2O5S. The van der Waals surface area contributed by atoms with E-state index < -0.39 is 6.45 Å². The summed E-state index contributed by atoms with van der Waals surface area (Å²) in [5, 5.41) is 2.52. The maximum absolute atomic E-state index is 12.7. The fraction of sp³-hybridized carbons (Fsp3) is 0.407. The van der Waals surface area contributed by atoms with Crippen LogP contribution < -0.4 is 5.32 Å². The summed E-state index contributed by atoms with van der Waals surface area (Å²) in [5.41, 5.74) is 4.51. The minimum absolute atomic E-state index is 0.0158. The van der Waals surface area contributed by atoms with Crippen LogP contribution in [0.25, 0.3) is 11.1 Å². The lowest BCUT2D eigenvalue weighted by atomic mass is 9.97. The third kappa shape index (κ3) is 5.59. The average Bonchev–Trinajstić information content (AvgIpc) is 3.31. The van der Waals surface area contributed by atoms with Gasteiger partial charge in [-0.2, -0.15) is 0 Å². The van der Waals surface area contributed by atoms with Crippen molar-refractivity contribution < 1.29 is 25.3 Å². The number of unbranched alkanes of at least 4 members (excludes halogenated alkanes) is 2. The van der Waals surface area contributed by atoms with Gasteiger partial charge in [-0.3, -0.25) is 24.1 Å². The van der Waals surface area contributed by atoms with Crippen LogP contribution >= 0.6 is 11.8 Å². The molecule has 1 aliphatic heterocycles. The Labute approximate surface area is 211 Å². The molecule has 8 heteroatoms. The number of anilines is 1. The Morgan fingerprint density at radius 1 is 1.20 bits per heavy atom. The third-order valence-electron chi connectivity index (χ3n) is 6.48. The Morgan fingerprint density at radius 3 is 2.80 bits per heavy atom. The Hall–Kier alpha value is -3.13. The second kappa shape index (κ2) is 11.5. The van der Waals surface area contributed by atoms with E-state index in [1.807, 2.05) is 42.5 Å². The number of rotatable bonds is 11. The van der Waals surface area contributed by atoms with Crippen molar-refractivity contribution in [1.82, 2.24) is 4.90 Å². The number of thioether (sulfide) groups is 1. The molecule has 7 nitrogen and oxygen atoms in total. The molecule has 2 atom stereocenters. The first-order chi connectivity index (χ1) is 17.4. The zero-order valence-electron chi connectivity index (χ0n) is 20.7. The van der Waals surface area contributed by atoms with Crippen molar-refractivity contribution in [3.05, 3.63) is 53.6 Å². The maximum Gasteiger partial charge on any atom is 0.293 e. The fourth-order valence-electron chi connectivity index (χ4n) is 4.72. The molecule has 0 spiro atoms. The number of imide groups is 1. The second-order valence-corrected chi connectivity index (χ2v) is 10.1. The molecule has 35 heavy (non-hydrogen) atoms. The van der Waals surface area contributed by atoms with E-state index in [4.69, 9.17) is 6.11 Å². The molecule has 2 aliphatic rings. The van der Waals surface area contributed by atoms with Crippen molar-refractivity contribution in [3.8, 4) is 11.1 Å². The highest BCUT2D eigenvalue weighted by molar-refractivity contribution is 8.00. The lowest BCUT2D eigenvalue weighted by Crippen LogP contribution is -2.34. The summed E-state index contributed by atoms with van der Waals surface area (Å²) < 4.78 is 12.1. The number of carbonyl (C=O) groups is 4. The van der Waals surface area contributed by atoms with Crippen molar-refractivity contribution >= 4 is 41.6 Å². The summed E-state index contributed by atoms with van der Waals surface area (Å²) in [7, 11) is 0. The van der Waals surface area contributed by atoms with Gasteiger partial charge in [0.2, 0.25) is 17.7 Å². The second-order valence-electron chi connectivity index (χ2n) is 8.79. The van der Waals surface area contributed by atoms with Gasteiger partial charge in [0.1, 0.15) is 6.61 Å². The number of hydrogen-bond acceptors (Lipinski definition) is 6. The molecule has 1 N–H and O–H groups in total.